The lowest BCUT2D eigenvalue weighted by Crippen LogP contribution is -2.00. The zero-order valence-corrected chi connectivity index (χ0v) is 13.2. The van der Waals surface area contributed by atoms with Crippen LogP contribution < -0.4 is 5.43 Å². The van der Waals surface area contributed by atoms with Crippen LogP contribution in [0.15, 0.2) is 60.0 Å². The average Bonchev–Trinajstić information content (AvgIpc) is 3.11. The van der Waals surface area contributed by atoms with E-state index in [2.05, 4.69) is 57.0 Å². The lowest BCUT2D eigenvalue weighted by atomic mass is 10.1. The van der Waals surface area contributed by atoms with Crippen LogP contribution in [0.4, 0.5) is 5.82 Å². The molecule has 2 aromatic carbocycles. The van der Waals surface area contributed by atoms with E-state index >= 15 is 0 Å². The number of rotatable bonds is 4. The number of hydrogen-bond donors (Lipinski definition) is 1. The molecular formula is C18H16N6. The lowest BCUT2D eigenvalue weighted by molar-refractivity contribution is 0.934. The van der Waals surface area contributed by atoms with Crippen LogP contribution in [0, 0.1) is 0 Å². The Kier molecular flexibility index (Phi) is 3.63. The van der Waals surface area contributed by atoms with E-state index in [0.717, 1.165) is 28.4 Å². The second-order valence-electron chi connectivity index (χ2n) is 5.46. The average molecular weight is 316 g/mol. The van der Waals surface area contributed by atoms with Crippen LogP contribution in [0.1, 0.15) is 18.1 Å². The third-order valence-electron chi connectivity index (χ3n) is 3.93. The van der Waals surface area contributed by atoms with Crippen LogP contribution in [0.2, 0.25) is 0 Å². The highest BCUT2D eigenvalue weighted by molar-refractivity contribution is 5.99. The van der Waals surface area contributed by atoms with Crippen molar-refractivity contribution in [2.75, 3.05) is 5.43 Å². The Labute approximate surface area is 138 Å². The summed E-state index contributed by atoms with van der Waals surface area (Å²) in [5, 5.41) is 18.8. The minimum atomic E-state index is 0.666. The Morgan fingerprint density at radius 2 is 1.88 bits per heavy atom. The topological polar surface area (TPSA) is 67.5 Å². The highest BCUT2D eigenvalue weighted by Crippen LogP contribution is 2.23. The monoisotopic (exact) mass is 316 g/mol. The number of nitrogens with zero attached hydrogens (tertiary/aromatic N) is 5. The molecule has 0 aliphatic rings. The molecule has 118 valence electrons. The molecule has 0 aliphatic heterocycles. The minimum Gasteiger partial charge on any atom is -0.259 e. The van der Waals surface area contributed by atoms with Crippen molar-refractivity contribution < 1.29 is 0 Å². The molecule has 0 saturated heterocycles. The summed E-state index contributed by atoms with van der Waals surface area (Å²) in [6.07, 6.45) is 4.40. The number of hydrogen-bond acceptors (Lipinski definition) is 5. The van der Waals surface area contributed by atoms with Gasteiger partial charge in [0, 0.05) is 10.8 Å². The van der Waals surface area contributed by atoms with Gasteiger partial charge in [0.2, 0.25) is 0 Å². The van der Waals surface area contributed by atoms with Crippen molar-refractivity contribution >= 4 is 28.5 Å². The third kappa shape index (κ3) is 2.58. The van der Waals surface area contributed by atoms with Gasteiger partial charge in [-0.15, -0.1) is 15.3 Å². The minimum absolute atomic E-state index is 0.666. The molecule has 6 nitrogen and oxygen atoms in total. The number of anilines is 1. The van der Waals surface area contributed by atoms with Crippen molar-refractivity contribution in [2.45, 2.75) is 13.3 Å². The predicted octanol–water partition coefficient (Wildman–Crippen LogP) is 3.29. The van der Waals surface area contributed by atoms with E-state index in [9.17, 15) is 0 Å². The summed E-state index contributed by atoms with van der Waals surface area (Å²) in [7, 11) is 0. The number of aryl methyl sites for hydroxylation is 1. The van der Waals surface area contributed by atoms with Gasteiger partial charge in [0.25, 0.3) is 0 Å². The summed E-state index contributed by atoms with van der Waals surface area (Å²) in [6.45, 7) is 2.14. The van der Waals surface area contributed by atoms with Crippen LogP contribution in [-0.4, -0.2) is 26.0 Å². The Bertz CT molecular complexity index is 1020. The molecule has 2 aromatic heterocycles. The van der Waals surface area contributed by atoms with Crippen LogP contribution in [0.5, 0.6) is 0 Å². The maximum absolute atomic E-state index is 4.49. The van der Waals surface area contributed by atoms with Crippen LogP contribution in [0.25, 0.3) is 16.4 Å². The van der Waals surface area contributed by atoms with Crippen molar-refractivity contribution in [1.82, 2.24) is 19.8 Å². The Morgan fingerprint density at radius 1 is 1.08 bits per heavy atom. The van der Waals surface area contributed by atoms with E-state index in [4.69, 9.17) is 0 Å². The first-order valence-electron chi connectivity index (χ1n) is 7.82. The zero-order valence-electron chi connectivity index (χ0n) is 13.2. The molecule has 0 saturated carbocycles. The molecule has 0 spiro atoms. The summed E-state index contributed by atoms with van der Waals surface area (Å²) >= 11 is 0. The molecule has 0 atom stereocenters. The third-order valence-corrected chi connectivity index (χ3v) is 3.93. The Morgan fingerprint density at radius 3 is 2.67 bits per heavy atom. The molecule has 1 N–H and O–H groups in total. The second-order valence-corrected chi connectivity index (χ2v) is 5.46. The summed E-state index contributed by atoms with van der Waals surface area (Å²) in [4.78, 5) is 0. The van der Waals surface area contributed by atoms with Crippen LogP contribution >= 0.6 is 0 Å². The van der Waals surface area contributed by atoms with Crippen molar-refractivity contribution in [3.05, 3.63) is 66.0 Å². The summed E-state index contributed by atoms with van der Waals surface area (Å²) in [6, 6.07) is 16.3. The first-order chi connectivity index (χ1) is 11.8. The first kappa shape index (κ1) is 14.3. The summed E-state index contributed by atoms with van der Waals surface area (Å²) in [5.41, 5.74) is 6.11. The molecule has 0 unspecified atom stereocenters. The number of nitrogens with one attached hydrogen (secondary N) is 1. The molecule has 24 heavy (non-hydrogen) atoms. The van der Waals surface area contributed by atoms with Gasteiger partial charge in [0.1, 0.15) is 6.33 Å². The van der Waals surface area contributed by atoms with Crippen molar-refractivity contribution in [2.24, 2.45) is 5.10 Å². The summed E-state index contributed by atoms with van der Waals surface area (Å²) in [5.74, 6) is 0.666. The Hall–Kier alpha value is -3.28. The molecule has 0 bridgehead atoms. The highest BCUT2D eigenvalue weighted by Gasteiger charge is 2.08. The molecule has 4 rings (SSSR count). The number of benzene rings is 2. The van der Waals surface area contributed by atoms with E-state index < -0.39 is 0 Å². The molecule has 0 aliphatic carbocycles. The zero-order chi connectivity index (χ0) is 16.4. The molecule has 2 heterocycles. The fourth-order valence-electron chi connectivity index (χ4n) is 2.62. The maximum Gasteiger partial charge on any atom is 0.185 e. The van der Waals surface area contributed by atoms with E-state index in [1.165, 1.54) is 5.56 Å². The number of hydrazone groups is 1. The van der Waals surface area contributed by atoms with Gasteiger partial charge in [0.15, 0.2) is 11.5 Å². The maximum atomic E-state index is 4.49. The van der Waals surface area contributed by atoms with Crippen molar-refractivity contribution in [3.63, 3.8) is 0 Å². The van der Waals surface area contributed by atoms with Crippen molar-refractivity contribution in [1.29, 1.82) is 0 Å². The highest BCUT2D eigenvalue weighted by atomic mass is 15.4. The van der Waals surface area contributed by atoms with E-state index in [0.29, 0.717) is 5.82 Å². The molecular weight excluding hydrogens is 300 g/mol. The molecule has 6 heteroatoms. The predicted molar refractivity (Wildman–Crippen MR) is 95.3 cm³/mol. The van der Waals surface area contributed by atoms with Crippen LogP contribution in [0.3, 0.4) is 0 Å². The normalized spacial score (nSPS) is 11.5. The van der Waals surface area contributed by atoms with Gasteiger partial charge in [-0.05, 0) is 17.5 Å². The molecule has 0 fully saturated rings. The van der Waals surface area contributed by atoms with Gasteiger partial charge in [-0.2, -0.15) is 9.62 Å². The van der Waals surface area contributed by atoms with Crippen LogP contribution in [-0.2, 0) is 6.42 Å². The summed E-state index contributed by atoms with van der Waals surface area (Å²) < 4.78 is 1.65. The standard InChI is InChI=1S/C18H16N6/c1-2-13-7-9-14(10-8-13)11-19-21-17-15-5-3-4-6-16(15)18-22-20-12-24(18)23-17/h3-12H,2H2,1H3,(H,21,23)/b19-11-. The Balaban J connectivity index is 1.66. The quantitative estimate of drug-likeness (QED) is 0.463. The van der Waals surface area contributed by atoms with Gasteiger partial charge < -0.3 is 0 Å². The van der Waals surface area contributed by atoms with Crippen molar-refractivity contribution in [3.8, 4) is 0 Å². The SMILES string of the molecule is CCc1ccc(/C=N\Nc2nn3cnnc3c3ccccc23)cc1. The number of aromatic nitrogens is 4. The fourth-order valence-corrected chi connectivity index (χ4v) is 2.62. The van der Waals surface area contributed by atoms with E-state index in [1.807, 2.05) is 24.3 Å². The fraction of sp³-hybridized carbons (Fsp3) is 0.111. The molecule has 0 amide bonds. The van der Waals surface area contributed by atoms with Gasteiger partial charge in [-0.1, -0.05) is 55.5 Å². The van der Waals surface area contributed by atoms with Gasteiger partial charge in [-0.25, -0.2) is 0 Å². The van der Waals surface area contributed by atoms with E-state index in [-0.39, 0.29) is 0 Å². The van der Waals surface area contributed by atoms with E-state index in [1.54, 1.807) is 17.1 Å². The second kappa shape index (κ2) is 6.08. The number of fused-ring (bicyclic) bond motifs is 3. The molecule has 0 radical (unpaired) electrons. The van der Waals surface area contributed by atoms with Gasteiger partial charge >= 0.3 is 0 Å². The van der Waals surface area contributed by atoms with Gasteiger partial charge in [-0.3, -0.25) is 5.43 Å². The van der Waals surface area contributed by atoms with Gasteiger partial charge in [0.05, 0.1) is 6.21 Å². The smallest absolute Gasteiger partial charge is 0.185 e. The first-order valence-corrected chi connectivity index (χ1v) is 7.82. The molecule has 4 aromatic rings. The lowest BCUT2D eigenvalue weighted by Gasteiger charge is -2.06. The largest absolute Gasteiger partial charge is 0.259 e.